The Morgan fingerprint density at radius 1 is 1.04 bits per heavy atom. The Morgan fingerprint density at radius 2 is 1.72 bits per heavy atom. The first-order valence-electron chi connectivity index (χ1n) is 8.09. The topological polar surface area (TPSA) is 53.4 Å². The molecule has 0 atom stereocenters. The number of hydrogen-bond acceptors (Lipinski definition) is 4. The zero-order valence-electron chi connectivity index (χ0n) is 14.5. The molecule has 0 aliphatic rings. The average molecular weight is 336 g/mol. The smallest absolute Gasteiger partial charge is 0.359 e. The highest BCUT2D eigenvalue weighted by molar-refractivity contribution is 5.95. The molecule has 128 valence electrons. The van der Waals surface area contributed by atoms with Crippen molar-refractivity contribution in [3.8, 4) is 28.4 Å². The van der Waals surface area contributed by atoms with Crippen LogP contribution in [0, 0.1) is 0 Å². The van der Waals surface area contributed by atoms with Crippen molar-refractivity contribution < 1.29 is 14.3 Å². The summed E-state index contributed by atoms with van der Waals surface area (Å²) in [6.45, 7) is 2.09. The van der Waals surface area contributed by atoms with E-state index in [0.29, 0.717) is 18.1 Å². The summed E-state index contributed by atoms with van der Waals surface area (Å²) in [7, 11) is 3.53. The van der Waals surface area contributed by atoms with Gasteiger partial charge in [0.15, 0.2) is 5.69 Å². The monoisotopic (exact) mass is 336 g/mol. The molecule has 5 heteroatoms. The lowest BCUT2D eigenvalue weighted by Crippen LogP contribution is -2.07. The first-order valence-corrected chi connectivity index (χ1v) is 8.09. The molecule has 0 radical (unpaired) electrons. The van der Waals surface area contributed by atoms with Gasteiger partial charge >= 0.3 is 5.97 Å². The molecule has 0 unspecified atom stereocenters. The van der Waals surface area contributed by atoms with Crippen LogP contribution in [-0.2, 0) is 11.8 Å². The van der Waals surface area contributed by atoms with E-state index >= 15 is 0 Å². The van der Waals surface area contributed by atoms with Crippen LogP contribution in [0.3, 0.4) is 0 Å². The molecule has 0 saturated carbocycles. The predicted octanol–water partition coefficient (Wildman–Crippen LogP) is 3.94. The van der Waals surface area contributed by atoms with E-state index in [2.05, 4.69) is 4.98 Å². The van der Waals surface area contributed by atoms with Crippen molar-refractivity contribution in [2.24, 2.45) is 7.05 Å². The number of carbonyl (C=O) groups is 1. The SMILES string of the molecule is CCOC(=O)c1nc(-c2ccc(OC)cc2)n(C)c1-c1ccccc1. The van der Waals surface area contributed by atoms with Gasteiger partial charge in [0.05, 0.1) is 19.4 Å². The summed E-state index contributed by atoms with van der Waals surface area (Å²) in [5.41, 5.74) is 2.88. The van der Waals surface area contributed by atoms with Gasteiger partial charge in [-0.2, -0.15) is 0 Å². The molecule has 25 heavy (non-hydrogen) atoms. The van der Waals surface area contributed by atoms with Crippen LogP contribution in [0.25, 0.3) is 22.6 Å². The Labute approximate surface area is 146 Å². The lowest BCUT2D eigenvalue weighted by atomic mass is 10.1. The number of nitrogens with zero attached hydrogens (tertiary/aromatic N) is 2. The predicted molar refractivity (Wildman–Crippen MR) is 96.6 cm³/mol. The van der Waals surface area contributed by atoms with E-state index in [1.54, 1.807) is 14.0 Å². The van der Waals surface area contributed by atoms with Gasteiger partial charge in [-0.15, -0.1) is 0 Å². The van der Waals surface area contributed by atoms with Crippen LogP contribution in [-0.4, -0.2) is 29.2 Å². The van der Waals surface area contributed by atoms with Crippen LogP contribution in [0.4, 0.5) is 0 Å². The van der Waals surface area contributed by atoms with E-state index in [9.17, 15) is 4.79 Å². The number of benzene rings is 2. The van der Waals surface area contributed by atoms with Gasteiger partial charge in [0.1, 0.15) is 11.6 Å². The first-order chi connectivity index (χ1) is 12.2. The third-order valence-electron chi connectivity index (χ3n) is 3.96. The molecule has 3 aromatic rings. The lowest BCUT2D eigenvalue weighted by Gasteiger charge is -2.08. The molecule has 3 rings (SSSR count). The van der Waals surface area contributed by atoms with Crippen LogP contribution < -0.4 is 4.74 Å². The number of aromatic nitrogens is 2. The Kier molecular flexibility index (Phi) is 4.84. The Morgan fingerprint density at radius 3 is 2.32 bits per heavy atom. The van der Waals surface area contributed by atoms with Crippen LogP contribution in [0.2, 0.25) is 0 Å². The third-order valence-corrected chi connectivity index (χ3v) is 3.96. The highest BCUT2D eigenvalue weighted by Crippen LogP contribution is 2.30. The van der Waals surface area contributed by atoms with Crippen molar-refractivity contribution >= 4 is 5.97 Å². The highest BCUT2D eigenvalue weighted by Gasteiger charge is 2.23. The number of rotatable bonds is 5. The van der Waals surface area contributed by atoms with Gasteiger partial charge in [-0.3, -0.25) is 0 Å². The van der Waals surface area contributed by atoms with E-state index < -0.39 is 5.97 Å². The molecular formula is C20H20N2O3. The summed E-state index contributed by atoms with van der Waals surface area (Å²) in [4.78, 5) is 17.0. The van der Waals surface area contributed by atoms with E-state index in [-0.39, 0.29) is 0 Å². The Hall–Kier alpha value is -3.08. The molecule has 0 aliphatic heterocycles. The Balaban J connectivity index is 2.15. The minimum Gasteiger partial charge on any atom is -0.497 e. The summed E-state index contributed by atoms with van der Waals surface area (Å²) in [6.07, 6.45) is 0. The number of ether oxygens (including phenoxy) is 2. The van der Waals surface area contributed by atoms with Crippen LogP contribution in [0.5, 0.6) is 5.75 Å². The summed E-state index contributed by atoms with van der Waals surface area (Å²) in [5.74, 6) is 1.05. The highest BCUT2D eigenvalue weighted by atomic mass is 16.5. The molecule has 2 aromatic carbocycles. The number of hydrogen-bond donors (Lipinski definition) is 0. The number of methoxy groups -OCH3 is 1. The third kappa shape index (κ3) is 3.26. The second kappa shape index (κ2) is 7.21. The van der Waals surface area contributed by atoms with E-state index in [0.717, 1.165) is 22.6 Å². The van der Waals surface area contributed by atoms with Crippen molar-refractivity contribution in [3.63, 3.8) is 0 Å². The number of carbonyl (C=O) groups excluding carboxylic acids is 1. The average Bonchev–Trinajstić information content (AvgIpc) is 3.00. The molecule has 1 heterocycles. The minimum atomic E-state index is -0.420. The van der Waals surface area contributed by atoms with Crippen molar-refractivity contribution in [1.29, 1.82) is 0 Å². The zero-order chi connectivity index (χ0) is 17.8. The maximum Gasteiger partial charge on any atom is 0.359 e. The number of esters is 1. The fraction of sp³-hybridized carbons (Fsp3) is 0.200. The Bertz CT molecular complexity index is 868. The number of imidazole rings is 1. The zero-order valence-corrected chi connectivity index (χ0v) is 14.5. The van der Waals surface area contributed by atoms with Crippen LogP contribution in [0.1, 0.15) is 17.4 Å². The lowest BCUT2D eigenvalue weighted by molar-refractivity contribution is 0.0521. The van der Waals surface area contributed by atoms with E-state index in [4.69, 9.17) is 9.47 Å². The van der Waals surface area contributed by atoms with Crippen molar-refractivity contribution in [3.05, 3.63) is 60.3 Å². The van der Waals surface area contributed by atoms with Gasteiger partial charge in [0, 0.05) is 18.2 Å². The van der Waals surface area contributed by atoms with Crippen molar-refractivity contribution in [1.82, 2.24) is 9.55 Å². The molecular weight excluding hydrogens is 316 g/mol. The van der Waals surface area contributed by atoms with E-state index in [1.807, 2.05) is 66.2 Å². The fourth-order valence-electron chi connectivity index (χ4n) is 2.77. The van der Waals surface area contributed by atoms with Crippen molar-refractivity contribution in [2.75, 3.05) is 13.7 Å². The minimum absolute atomic E-state index is 0.307. The molecule has 0 fully saturated rings. The molecule has 0 spiro atoms. The van der Waals surface area contributed by atoms with Crippen molar-refractivity contribution in [2.45, 2.75) is 6.92 Å². The first kappa shape index (κ1) is 16.8. The van der Waals surface area contributed by atoms with Gasteiger partial charge in [0.25, 0.3) is 0 Å². The van der Waals surface area contributed by atoms with Crippen LogP contribution in [0.15, 0.2) is 54.6 Å². The molecule has 0 aliphatic carbocycles. The fourth-order valence-corrected chi connectivity index (χ4v) is 2.77. The molecule has 0 saturated heterocycles. The summed E-state index contributed by atoms with van der Waals surface area (Å²) < 4.78 is 12.3. The molecule has 0 amide bonds. The standard InChI is InChI=1S/C20H20N2O3/c1-4-25-20(23)17-18(14-8-6-5-7-9-14)22(2)19(21-17)15-10-12-16(24-3)13-11-15/h5-13H,4H2,1-3H3. The van der Waals surface area contributed by atoms with Gasteiger partial charge in [0.2, 0.25) is 0 Å². The van der Waals surface area contributed by atoms with E-state index in [1.165, 1.54) is 0 Å². The summed E-state index contributed by atoms with van der Waals surface area (Å²) in [5, 5.41) is 0. The maximum atomic E-state index is 12.4. The molecule has 0 N–H and O–H groups in total. The summed E-state index contributed by atoms with van der Waals surface area (Å²) in [6, 6.07) is 17.3. The molecule has 0 bridgehead atoms. The summed E-state index contributed by atoms with van der Waals surface area (Å²) >= 11 is 0. The largest absolute Gasteiger partial charge is 0.497 e. The van der Waals surface area contributed by atoms with Gasteiger partial charge in [-0.25, -0.2) is 9.78 Å². The molecule has 5 nitrogen and oxygen atoms in total. The quantitative estimate of drug-likeness (QED) is 0.662. The van der Waals surface area contributed by atoms with Gasteiger partial charge in [-0.1, -0.05) is 30.3 Å². The second-order valence-electron chi connectivity index (χ2n) is 5.51. The normalized spacial score (nSPS) is 10.5. The second-order valence-corrected chi connectivity index (χ2v) is 5.51. The molecule has 1 aromatic heterocycles. The van der Waals surface area contributed by atoms with Gasteiger partial charge in [-0.05, 0) is 31.2 Å². The van der Waals surface area contributed by atoms with Gasteiger partial charge < -0.3 is 14.0 Å². The maximum absolute atomic E-state index is 12.4. The van der Waals surface area contributed by atoms with Crippen LogP contribution >= 0.6 is 0 Å².